The van der Waals surface area contributed by atoms with Crippen molar-refractivity contribution in [1.29, 1.82) is 0 Å². The zero-order chi connectivity index (χ0) is 8.39. The Balaban J connectivity index is 1.80. The van der Waals surface area contributed by atoms with Crippen molar-refractivity contribution in [2.45, 2.75) is 32.2 Å². The lowest BCUT2D eigenvalue weighted by atomic mass is 9.98. The van der Waals surface area contributed by atoms with Crippen LogP contribution < -0.4 is 0 Å². The van der Waals surface area contributed by atoms with E-state index in [9.17, 15) is 0 Å². The number of piperidine rings is 1. The first-order chi connectivity index (χ1) is 5.86. The predicted molar refractivity (Wildman–Crippen MR) is 49.2 cm³/mol. The zero-order valence-electron chi connectivity index (χ0n) is 7.96. The average Bonchev–Trinajstić information content (AvgIpc) is 2.58. The Kier molecular flexibility index (Phi) is 2.66. The number of hydrogen-bond donors (Lipinski definition) is 0. The van der Waals surface area contributed by atoms with Gasteiger partial charge in [0, 0.05) is 12.6 Å². The Morgan fingerprint density at radius 2 is 1.92 bits per heavy atom. The summed E-state index contributed by atoms with van der Waals surface area (Å²) in [7, 11) is 0. The number of nitrogens with zero attached hydrogens (tertiary/aromatic N) is 1. The van der Waals surface area contributed by atoms with Crippen LogP contribution in [0.1, 0.15) is 26.2 Å². The SMILES string of the molecule is CC1CCN([C@@H]2CCOC2)CC1. The molecule has 2 aliphatic rings. The van der Waals surface area contributed by atoms with Gasteiger partial charge in [0.15, 0.2) is 0 Å². The van der Waals surface area contributed by atoms with Crippen LogP contribution in [0.25, 0.3) is 0 Å². The monoisotopic (exact) mass is 169 g/mol. The van der Waals surface area contributed by atoms with Gasteiger partial charge in [-0.3, -0.25) is 4.90 Å². The van der Waals surface area contributed by atoms with Crippen molar-refractivity contribution in [3.63, 3.8) is 0 Å². The van der Waals surface area contributed by atoms with Gasteiger partial charge in [0.2, 0.25) is 0 Å². The molecule has 2 nitrogen and oxygen atoms in total. The molecule has 0 unspecified atom stereocenters. The highest BCUT2D eigenvalue weighted by molar-refractivity contribution is 4.79. The Morgan fingerprint density at radius 3 is 2.50 bits per heavy atom. The van der Waals surface area contributed by atoms with Gasteiger partial charge in [0.1, 0.15) is 0 Å². The number of ether oxygens (including phenoxy) is 1. The summed E-state index contributed by atoms with van der Waals surface area (Å²) in [6.07, 6.45) is 4.03. The van der Waals surface area contributed by atoms with E-state index < -0.39 is 0 Å². The van der Waals surface area contributed by atoms with Crippen molar-refractivity contribution >= 4 is 0 Å². The van der Waals surface area contributed by atoms with Crippen LogP contribution >= 0.6 is 0 Å². The summed E-state index contributed by atoms with van der Waals surface area (Å²) in [5, 5.41) is 0. The first kappa shape index (κ1) is 8.52. The molecule has 1 atom stereocenters. The van der Waals surface area contributed by atoms with E-state index in [2.05, 4.69) is 11.8 Å². The predicted octanol–water partition coefficient (Wildman–Crippen LogP) is 1.51. The van der Waals surface area contributed by atoms with Crippen LogP contribution in [0, 0.1) is 5.92 Å². The van der Waals surface area contributed by atoms with Gasteiger partial charge in [0.25, 0.3) is 0 Å². The second-order valence-corrected chi connectivity index (χ2v) is 4.24. The molecule has 0 amide bonds. The van der Waals surface area contributed by atoms with Gasteiger partial charge in [-0.15, -0.1) is 0 Å². The molecule has 0 aromatic rings. The van der Waals surface area contributed by atoms with Crippen LogP contribution in [0.4, 0.5) is 0 Å². The average molecular weight is 169 g/mol. The first-order valence-electron chi connectivity index (χ1n) is 5.18. The van der Waals surface area contributed by atoms with E-state index in [0.29, 0.717) is 0 Å². The summed E-state index contributed by atoms with van der Waals surface area (Å²) in [4.78, 5) is 2.62. The highest BCUT2D eigenvalue weighted by atomic mass is 16.5. The fourth-order valence-corrected chi connectivity index (χ4v) is 2.20. The number of likely N-dealkylation sites (tertiary alicyclic amines) is 1. The van der Waals surface area contributed by atoms with Crippen molar-refractivity contribution in [2.75, 3.05) is 26.3 Å². The van der Waals surface area contributed by atoms with E-state index in [-0.39, 0.29) is 0 Å². The van der Waals surface area contributed by atoms with Crippen LogP contribution in [0.2, 0.25) is 0 Å². The fraction of sp³-hybridized carbons (Fsp3) is 1.00. The van der Waals surface area contributed by atoms with Crippen LogP contribution in [-0.2, 0) is 4.74 Å². The summed E-state index contributed by atoms with van der Waals surface area (Å²) in [5.41, 5.74) is 0. The van der Waals surface area contributed by atoms with Gasteiger partial charge >= 0.3 is 0 Å². The van der Waals surface area contributed by atoms with Crippen molar-refractivity contribution in [3.8, 4) is 0 Å². The highest BCUT2D eigenvalue weighted by Gasteiger charge is 2.25. The first-order valence-corrected chi connectivity index (χ1v) is 5.18. The van der Waals surface area contributed by atoms with Crippen LogP contribution in [-0.4, -0.2) is 37.2 Å². The summed E-state index contributed by atoms with van der Waals surface area (Å²) >= 11 is 0. The topological polar surface area (TPSA) is 12.5 Å². The van der Waals surface area contributed by atoms with Gasteiger partial charge in [-0.25, -0.2) is 0 Å². The minimum atomic E-state index is 0.748. The van der Waals surface area contributed by atoms with Gasteiger partial charge in [-0.2, -0.15) is 0 Å². The molecule has 2 aliphatic heterocycles. The third-order valence-corrected chi connectivity index (χ3v) is 3.24. The summed E-state index contributed by atoms with van der Waals surface area (Å²) < 4.78 is 5.40. The molecule has 2 heterocycles. The fourth-order valence-electron chi connectivity index (χ4n) is 2.20. The van der Waals surface area contributed by atoms with Gasteiger partial charge in [0.05, 0.1) is 6.61 Å². The number of rotatable bonds is 1. The lowest BCUT2D eigenvalue weighted by Crippen LogP contribution is -2.41. The molecule has 0 aliphatic carbocycles. The minimum absolute atomic E-state index is 0.748. The zero-order valence-corrected chi connectivity index (χ0v) is 7.96. The highest BCUT2D eigenvalue weighted by Crippen LogP contribution is 2.21. The molecule has 70 valence electrons. The van der Waals surface area contributed by atoms with E-state index in [0.717, 1.165) is 25.2 Å². The molecule has 0 radical (unpaired) electrons. The lowest BCUT2D eigenvalue weighted by molar-refractivity contribution is 0.113. The van der Waals surface area contributed by atoms with E-state index >= 15 is 0 Å². The van der Waals surface area contributed by atoms with Crippen molar-refractivity contribution in [2.24, 2.45) is 5.92 Å². The Morgan fingerprint density at radius 1 is 1.17 bits per heavy atom. The van der Waals surface area contributed by atoms with E-state index in [1.54, 1.807) is 0 Å². The molecule has 0 aromatic carbocycles. The molecule has 0 aromatic heterocycles. The maximum Gasteiger partial charge on any atom is 0.0622 e. The van der Waals surface area contributed by atoms with Gasteiger partial charge in [-0.1, -0.05) is 6.92 Å². The lowest BCUT2D eigenvalue weighted by Gasteiger charge is -2.33. The Hall–Kier alpha value is -0.0800. The Bertz CT molecular complexity index is 135. The smallest absolute Gasteiger partial charge is 0.0622 e. The third-order valence-electron chi connectivity index (χ3n) is 3.24. The molecule has 2 fully saturated rings. The van der Waals surface area contributed by atoms with Crippen molar-refractivity contribution < 1.29 is 4.74 Å². The summed E-state index contributed by atoms with van der Waals surface area (Å²) in [6, 6.07) is 0.748. The second kappa shape index (κ2) is 3.75. The van der Waals surface area contributed by atoms with Crippen molar-refractivity contribution in [3.05, 3.63) is 0 Å². The molecular formula is C10H19NO. The minimum Gasteiger partial charge on any atom is -0.380 e. The molecule has 2 rings (SSSR count). The van der Waals surface area contributed by atoms with E-state index in [1.165, 1.54) is 32.4 Å². The molecular weight excluding hydrogens is 150 g/mol. The molecule has 0 saturated carbocycles. The standard InChI is InChI=1S/C10H19NO/c1-9-2-5-11(6-3-9)10-4-7-12-8-10/h9-10H,2-8H2,1H3/t10-/m1/s1. The quantitative estimate of drug-likeness (QED) is 0.590. The molecule has 0 N–H and O–H groups in total. The summed E-state index contributed by atoms with van der Waals surface area (Å²) in [5.74, 6) is 0.948. The van der Waals surface area contributed by atoms with Gasteiger partial charge < -0.3 is 4.74 Å². The van der Waals surface area contributed by atoms with Crippen molar-refractivity contribution in [1.82, 2.24) is 4.90 Å². The molecule has 0 bridgehead atoms. The molecule has 2 saturated heterocycles. The van der Waals surface area contributed by atoms with E-state index in [1.807, 2.05) is 0 Å². The maximum atomic E-state index is 5.40. The second-order valence-electron chi connectivity index (χ2n) is 4.24. The normalized spacial score (nSPS) is 34.2. The largest absolute Gasteiger partial charge is 0.380 e. The molecule has 12 heavy (non-hydrogen) atoms. The number of hydrogen-bond acceptors (Lipinski definition) is 2. The molecule has 2 heteroatoms. The summed E-state index contributed by atoms with van der Waals surface area (Å²) in [6.45, 7) is 6.93. The molecule has 0 spiro atoms. The van der Waals surface area contributed by atoms with Gasteiger partial charge in [-0.05, 0) is 38.3 Å². The van der Waals surface area contributed by atoms with Crippen LogP contribution in [0.15, 0.2) is 0 Å². The van der Waals surface area contributed by atoms with Crippen LogP contribution in [0.5, 0.6) is 0 Å². The third kappa shape index (κ3) is 1.80. The maximum absolute atomic E-state index is 5.40. The van der Waals surface area contributed by atoms with Crippen LogP contribution in [0.3, 0.4) is 0 Å². The Labute approximate surface area is 74.9 Å². The van der Waals surface area contributed by atoms with E-state index in [4.69, 9.17) is 4.74 Å².